The molecule has 1 aromatic rings. The predicted octanol–water partition coefficient (Wildman–Crippen LogP) is 2.43. The zero-order chi connectivity index (χ0) is 13.1. The van der Waals surface area contributed by atoms with Gasteiger partial charge in [0.15, 0.2) is 0 Å². The van der Waals surface area contributed by atoms with Crippen LogP contribution < -0.4 is 9.64 Å². The van der Waals surface area contributed by atoms with Gasteiger partial charge in [0.2, 0.25) is 12.6 Å². The van der Waals surface area contributed by atoms with Gasteiger partial charge in [-0.05, 0) is 25.1 Å². The van der Waals surface area contributed by atoms with Crippen LogP contribution in [-0.4, -0.2) is 25.5 Å². The smallest absolute Gasteiger partial charge is 0.217 e. The molecule has 0 saturated heterocycles. The molecule has 0 radical (unpaired) electrons. The molecule has 1 atom stereocenters. The van der Waals surface area contributed by atoms with Gasteiger partial charge < -0.3 is 9.57 Å². The third-order valence-electron chi connectivity index (χ3n) is 2.64. The van der Waals surface area contributed by atoms with E-state index in [0.29, 0.717) is 29.3 Å². The van der Waals surface area contributed by atoms with Gasteiger partial charge in [-0.15, -0.1) is 0 Å². The maximum Gasteiger partial charge on any atom is 0.217 e. The Labute approximate surface area is 110 Å². The van der Waals surface area contributed by atoms with Gasteiger partial charge in [0.25, 0.3) is 0 Å². The van der Waals surface area contributed by atoms with Crippen LogP contribution >= 0.6 is 11.6 Å². The second-order valence-electron chi connectivity index (χ2n) is 3.92. The molecule has 0 aromatic heterocycles. The number of rotatable bonds is 4. The highest BCUT2D eigenvalue weighted by molar-refractivity contribution is 6.31. The summed E-state index contributed by atoms with van der Waals surface area (Å²) in [6, 6.07) is 5.06. The number of nitrogens with zero attached hydrogens (tertiary/aromatic N) is 2. The third-order valence-corrected chi connectivity index (χ3v) is 2.88. The van der Waals surface area contributed by atoms with Gasteiger partial charge in [0.1, 0.15) is 5.75 Å². The molecule has 5 nitrogen and oxygen atoms in total. The second kappa shape index (κ2) is 5.27. The zero-order valence-corrected chi connectivity index (χ0v) is 10.8. The number of halogens is 1. The van der Waals surface area contributed by atoms with E-state index in [1.807, 2.05) is 6.92 Å². The van der Waals surface area contributed by atoms with Crippen molar-refractivity contribution in [3.63, 3.8) is 0 Å². The van der Waals surface area contributed by atoms with Crippen LogP contribution in [0.1, 0.15) is 13.3 Å². The summed E-state index contributed by atoms with van der Waals surface area (Å²) in [5.41, 5.74) is 1.41. The average Bonchev–Trinajstić information content (AvgIpc) is 2.77. The number of anilines is 1. The number of ether oxygens (including phenoxy) is 1. The predicted molar refractivity (Wildman–Crippen MR) is 69.1 cm³/mol. The van der Waals surface area contributed by atoms with Crippen molar-refractivity contribution in [3.8, 4) is 5.75 Å². The average molecular weight is 269 g/mol. The summed E-state index contributed by atoms with van der Waals surface area (Å²) in [6.07, 6.45) is 0.802. The Morgan fingerprint density at radius 1 is 1.61 bits per heavy atom. The van der Waals surface area contributed by atoms with E-state index in [-0.39, 0.29) is 0 Å². The lowest BCUT2D eigenvalue weighted by Crippen LogP contribution is -2.34. The summed E-state index contributed by atoms with van der Waals surface area (Å²) in [4.78, 5) is 17.9. The van der Waals surface area contributed by atoms with Crippen molar-refractivity contribution in [2.45, 2.75) is 19.6 Å². The summed E-state index contributed by atoms with van der Waals surface area (Å²) < 4.78 is 5.22. The molecular formula is C12H13ClN2O3. The number of carbonyl (C=O) groups excluding carboxylic acids is 1. The van der Waals surface area contributed by atoms with Crippen LogP contribution in [0.5, 0.6) is 5.75 Å². The molecule has 6 heteroatoms. The van der Waals surface area contributed by atoms with Gasteiger partial charge in [-0.1, -0.05) is 16.8 Å². The molecule has 1 aliphatic heterocycles. The lowest BCUT2D eigenvalue weighted by Gasteiger charge is -2.24. The minimum absolute atomic E-state index is 0.449. The van der Waals surface area contributed by atoms with E-state index in [9.17, 15) is 4.79 Å². The fourth-order valence-corrected chi connectivity index (χ4v) is 1.94. The quantitative estimate of drug-likeness (QED) is 0.788. The van der Waals surface area contributed by atoms with Crippen LogP contribution in [0.3, 0.4) is 0 Å². The second-order valence-corrected chi connectivity index (χ2v) is 4.36. The van der Waals surface area contributed by atoms with Crippen molar-refractivity contribution in [1.29, 1.82) is 0 Å². The Morgan fingerprint density at radius 2 is 2.39 bits per heavy atom. The SMILES string of the molecule is COc1ccc(Cl)cc1N(C=O)C1CC(C)=NO1. The Bertz CT molecular complexity index is 490. The number of oxime groups is 1. The molecule has 1 heterocycles. The lowest BCUT2D eigenvalue weighted by molar-refractivity contribution is -0.109. The molecule has 0 bridgehead atoms. The van der Waals surface area contributed by atoms with E-state index < -0.39 is 6.23 Å². The minimum atomic E-state index is -0.449. The highest BCUT2D eigenvalue weighted by atomic mass is 35.5. The first kappa shape index (κ1) is 12.7. The molecule has 2 rings (SSSR count). The fraction of sp³-hybridized carbons (Fsp3) is 0.333. The van der Waals surface area contributed by atoms with Crippen LogP contribution in [0.2, 0.25) is 5.02 Å². The monoisotopic (exact) mass is 268 g/mol. The Hall–Kier alpha value is -1.75. The van der Waals surface area contributed by atoms with Gasteiger partial charge in [-0.3, -0.25) is 9.69 Å². The molecule has 1 aromatic carbocycles. The maximum absolute atomic E-state index is 11.3. The van der Waals surface area contributed by atoms with E-state index in [1.165, 1.54) is 12.0 Å². The van der Waals surface area contributed by atoms with Crippen LogP contribution in [-0.2, 0) is 9.63 Å². The molecule has 0 fully saturated rings. The summed E-state index contributed by atoms with van der Waals surface area (Å²) in [6.45, 7) is 1.85. The molecule has 1 unspecified atom stereocenters. The van der Waals surface area contributed by atoms with E-state index in [2.05, 4.69) is 5.16 Å². The van der Waals surface area contributed by atoms with Crippen molar-refractivity contribution in [3.05, 3.63) is 23.2 Å². The number of methoxy groups -OCH3 is 1. The van der Waals surface area contributed by atoms with Gasteiger partial charge in [0.05, 0.1) is 18.5 Å². The van der Waals surface area contributed by atoms with Crippen molar-refractivity contribution < 1.29 is 14.4 Å². The highest BCUT2D eigenvalue weighted by Gasteiger charge is 2.27. The summed E-state index contributed by atoms with van der Waals surface area (Å²) in [5.74, 6) is 0.555. The van der Waals surface area contributed by atoms with Crippen molar-refractivity contribution >= 4 is 29.4 Å². The Balaban J connectivity index is 2.32. The highest BCUT2D eigenvalue weighted by Crippen LogP contribution is 2.33. The summed E-state index contributed by atoms with van der Waals surface area (Å²) in [7, 11) is 1.53. The molecule has 0 spiro atoms. The molecule has 0 saturated carbocycles. The van der Waals surface area contributed by atoms with Gasteiger partial charge in [-0.2, -0.15) is 0 Å². The molecule has 18 heavy (non-hydrogen) atoms. The fourth-order valence-electron chi connectivity index (χ4n) is 1.77. The molecule has 96 valence electrons. The van der Waals surface area contributed by atoms with Crippen LogP contribution in [0.25, 0.3) is 0 Å². The molecule has 0 N–H and O–H groups in total. The molecule has 0 aliphatic carbocycles. The first-order valence-corrected chi connectivity index (χ1v) is 5.80. The van der Waals surface area contributed by atoms with Gasteiger partial charge in [0, 0.05) is 11.4 Å². The normalized spacial score (nSPS) is 17.9. The summed E-state index contributed by atoms with van der Waals surface area (Å²) >= 11 is 5.94. The van der Waals surface area contributed by atoms with Crippen LogP contribution in [0, 0.1) is 0 Å². The number of benzene rings is 1. The van der Waals surface area contributed by atoms with E-state index in [4.69, 9.17) is 21.2 Å². The van der Waals surface area contributed by atoms with Crippen molar-refractivity contribution in [1.82, 2.24) is 0 Å². The van der Waals surface area contributed by atoms with Crippen LogP contribution in [0.15, 0.2) is 23.4 Å². The van der Waals surface area contributed by atoms with Gasteiger partial charge in [-0.25, -0.2) is 0 Å². The minimum Gasteiger partial charge on any atom is -0.495 e. The first-order chi connectivity index (χ1) is 8.65. The number of amides is 1. The van der Waals surface area contributed by atoms with Crippen molar-refractivity contribution in [2.24, 2.45) is 5.16 Å². The number of carbonyl (C=O) groups is 1. The lowest BCUT2D eigenvalue weighted by atomic mass is 10.2. The third kappa shape index (κ3) is 2.41. The Kier molecular flexibility index (Phi) is 3.72. The Morgan fingerprint density at radius 3 is 2.94 bits per heavy atom. The standard InChI is InChI=1S/C12H13ClN2O3/c1-8-5-12(18-14-8)15(7-16)10-6-9(13)3-4-11(10)17-2/h3-4,6-7,12H,5H2,1-2H3. The molecule has 1 amide bonds. The maximum atomic E-state index is 11.3. The van der Waals surface area contributed by atoms with E-state index in [0.717, 1.165) is 5.71 Å². The van der Waals surface area contributed by atoms with Gasteiger partial charge >= 0.3 is 0 Å². The summed E-state index contributed by atoms with van der Waals surface area (Å²) in [5, 5.41) is 4.35. The first-order valence-electron chi connectivity index (χ1n) is 5.42. The van der Waals surface area contributed by atoms with Crippen molar-refractivity contribution in [2.75, 3.05) is 12.0 Å². The number of hydrogen-bond acceptors (Lipinski definition) is 4. The topological polar surface area (TPSA) is 51.1 Å². The van der Waals surface area contributed by atoms with Crippen LogP contribution in [0.4, 0.5) is 5.69 Å². The molecular weight excluding hydrogens is 256 g/mol. The zero-order valence-electron chi connectivity index (χ0n) is 10.1. The van der Waals surface area contributed by atoms with E-state index in [1.54, 1.807) is 18.2 Å². The number of hydrogen-bond donors (Lipinski definition) is 0. The van der Waals surface area contributed by atoms with E-state index >= 15 is 0 Å². The largest absolute Gasteiger partial charge is 0.495 e. The molecule has 1 aliphatic rings.